The lowest BCUT2D eigenvalue weighted by Gasteiger charge is -2.18. The van der Waals surface area contributed by atoms with Crippen molar-refractivity contribution >= 4 is 5.97 Å². The summed E-state index contributed by atoms with van der Waals surface area (Å²) in [6.07, 6.45) is 21.7. The first-order valence-corrected chi connectivity index (χ1v) is 10.7. The van der Waals surface area contributed by atoms with Crippen LogP contribution in [-0.2, 0) is 4.79 Å². The molecule has 1 heterocycles. The summed E-state index contributed by atoms with van der Waals surface area (Å²) in [5.74, 6) is -0.774. The molecule has 3 nitrogen and oxygen atoms in total. The number of carboxylic acids is 1. The summed E-state index contributed by atoms with van der Waals surface area (Å²) < 4.78 is 0. The van der Waals surface area contributed by atoms with Gasteiger partial charge >= 0.3 is 5.97 Å². The highest BCUT2D eigenvalue weighted by Gasteiger charge is 2.18. The molecule has 2 aliphatic rings. The van der Waals surface area contributed by atoms with Gasteiger partial charge < -0.3 is 10.4 Å². The molecule has 0 fully saturated rings. The monoisotopic (exact) mass is 347 g/mol. The second-order valence-corrected chi connectivity index (χ2v) is 7.70. The number of hydrogen-bond donors (Lipinski definition) is 2. The third-order valence-electron chi connectivity index (χ3n) is 5.60. The van der Waals surface area contributed by atoms with Crippen molar-refractivity contribution in [2.24, 2.45) is 0 Å². The summed E-state index contributed by atoms with van der Waals surface area (Å²) in [5.41, 5.74) is 2.92. The fraction of sp³-hybridized carbons (Fsp3) is 0.773. The maximum atomic E-state index is 11.9. The highest BCUT2D eigenvalue weighted by atomic mass is 16.4. The zero-order valence-corrected chi connectivity index (χ0v) is 16.0. The Kier molecular flexibility index (Phi) is 9.76. The molecule has 0 aromatic carbocycles. The number of allylic oxidation sites excluding steroid dienone is 3. The molecule has 25 heavy (non-hydrogen) atoms. The minimum absolute atomic E-state index is 0.489. The third kappa shape index (κ3) is 7.66. The predicted molar refractivity (Wildman–Crippen MR) is 105 cm³/mol. The van der Waals surface area contributed by atoms with Gasteiger partial charge in [0.25, 0.3) is 0 Å². The topological polar surface area (TPSA) is 49.3 Å². The normalized spacial score (nSPS) is 22.8. The first-order valence-electron chi connectivity index (χ1n) is 10.7. The van der Waals surface area contributed by atoms with Crippen molar-refractivity contribution < 1.29 is 9.90 Å². The van der Waals surface area contributed by atoms with Crippen LogP contribution < -0.4 is 5.32 Å². The summed E-state index contributed by atoms with van der Waals surface area (Å²) in [6.45, 7) is 0.790. The Bertz CT molecular complexity index is 465. The predicted octanol–water partition coefficient (Wildman–Crippen LogP) is 6.11. The highest BCUT2D eigenvalue weighted by Crippen LogP contribution is 2.28. The van der Waals surface area contributed by atoms with E-state index in [1.54, 1.807) is 0 Å². The van der Waals surface area contributed by atoms with E-state index in [0.717, 1.165) is 44.2 Å². The van der Waals surface area contributed by atoms with Crippen molar-refractivity contribution in [1.29, 1.82) is 0 Å². The van der Waals surface area contributed by atoms with Crippen molar-refractivity contribution in [1.82, 2.24) is 5.32 Å². The Morgan fingerprint density at radius 1 is 0.760 bits per heavy atom. The maximum absolute atomic E-state index is 11.9. The Labute approximate surface area is 154 Å². The lowest BCUT2D eigenvalue weighted by atomic mass is 9.92. The molecule has 3 heteroatoms. The van der Waals surface area contributed by atoms with E-state index in [-0.39, 0.29) is 0 Å². The first-order chi connectivity index (χ1) is 12.3. The van der Waals surface area contributed by atoms with Crippen LogP contribution in [0.4, 0.5) is 0 Å². The molecule has 0 saturated carbocycles. The Morgan fingerprint density at radius 2 is 1.32 bits per heavy atom. The fourth-order valence-corrected chi connectivity index (χ4v) is 4.10. The van der Waals surface area contributed by atoms with Crippen LogP contribution in [0.1, 0.15) is 103 Å². The first kappa shape index (κ1) is 20.1. The van der Waals surface area contributed by atoms with Crippen LogP contribution in [0.25, 0.3) is 0 Å². The second kappa shape index (κ2) is 12.2. The van der Waals surface area contributed by atoms with E-state index >= 15 is 0 Å². The molecule has 0 spiro atoms. The van der Waals surface area contributed by atoms with Crippen LogP contribution in [0.2, 0.25) is 0 Å². The number of carboxylic acid groups (broad SMARTS) is 1. The number of carbonyl (C=O) groups is 1. The highest BCUT2D eigenvalue weighted by molar-refractivity contribution is 5.87. The average Bonchev–Trinajstić information content (AvgIpc) is 2.70. The Balaban J connectivity index is 2.22. The van der Waals surface area contributed by atoms with Gasteiger partial charge in [0.1, 0.15) is 5.70 Å². The van der Waals surface area contributed by atoms with Gasteiger partial charge in [0.15, 0.2) is 0 Å². The number of aliphatic carboxylic acids is 1. The third-order valence-corrected chi connectivity index (χ3v) is 5.60. The quantitative estimate of drug-likeness (QED) is 0.633. The zero-order valence-electron chi connectivity index (χ0n) is 16.0. The molecular formula is C22H37NO2. The molecule has 0 aromatic rings. The molecule has 0 bridgehead atoms. The smallest absolute Gasteiger partial charge is 0.352 e. The summed E-state index contributed by atoms with van der Waals surface area (Å²) in [4.78, 5) is 11.9. The molecule has 142 valence electrons. The van der Waals surface area contributed by atoms with Gasteiger partial charge in [0, 0.05) is 6.54 Å². The number of hydrogen-bond acceptors (Lipinski definition) is 2. The summed E-state index contributed by atoms with van der Waals surface area (Å²) in [7, 11) is 0. The molecule has 2 rings (SSSR count). The maximum Gasteiger partial charge on any atom is 0.352 e. The Hall–Kier alpha value is -1.25. The largest absolute Gasteiger partial charge is 0.477 e. The van der Waals surface area contributed by atoms with Crippen LogP contribution >= 0.6 is 0 Å². The van der Waals surface area contributed by atoms with Crippen LogP contribution in [0.3, 0.4) is 0 Å². The number of rotatable bonds is 2. The van der Waals surface area contributed by atoms with E-state index in [1.807, 2.05) is 0 Å². The van der Waals surface area contributed by atoms with Gasteiger partial charge in [-0.2, -0.15) is 0 Å². The van der Waals surface area contributed by atoms with Crippen LogP contribution in [-0.4, -0.2) is 17.6 Å². The molecule has 2 N–H and O–H groups in total. The SMILES string of the molecule is O=C(O)C1=C(C2=CCCCCCCCCC2)CCCCCCCCN1. The van der Waals surface area contributed by atoms with E-state index in [9.17, 15) is 9.90 Å². The van der Waals surface area contributed by atoms with Gasteiger partial charge in [-0.1, -0.05) is 63.9 Å². The summed E-state index contributed by atoms with van der Waals surface area (Å²) >= 11 is 0. The Morgan fingerprint density at radius 3 is 2.00 bits per heavy atom. The molecule has 0 radical (unpaired) electrons. The van der Waals surface area contributed by atoms with E-state index in [2.05, 4.69) is 11.4 Å². The number of nitrogens with one attached hydrogen (secondary N) is 1. The van der Waals surface area contributed by atoms with Crippen molar-refractivity contribution in [3.8, 4) is 0 Å². The lowest BCUT2D eigenvalue weighted by Crippen LogP contribution is -2.24. The van der Waals surface area contributed by atoms with Crippen molar-refractivity contribution in [2.45, 2.75) is 103 Å². The fourth-order valence-electron chi connectivity index (χ4n) is 4.10. The lowest BCUT2D eigenvalue weighted by molar-refractivity contribution is -0.133. The van der Waals surface area contributed by atoms with E-state index < -0.39 is 5.97 Å². The van der Waals surface area contributed by atoms with E-state index in [0.29, 0.717) is 5.70 Å². The van der Waals surface area contributed by atoms with Gasteiger partial charge in [-0.25, -0.2) is 4.79 Å². The molecule has 0 unspecified atom stereocenters. The zero-order chi connectivity index (χ0) is 17.7. The molecular weight excluding hydrogens is 310 g/mol. The van der Waals surface area contributed by atoms with Gasteiger partial charge in [0.05, 0.1) is 0 Å². The standard InChI is InChI=1S/C22H37NO2/c24-22(25)21-20(17-13-9-5-6-10-14-18-23-21)19-15-11-7-3-1-2-4-8-12-16-19/h15,23H,1-14,16-18H2,(H,24,25). The molecule has 0 saturated heterocycles. The van der Waals surface area contributed by atoms with Gasteiger partial charge in [0.2, 0.25) is 0 Å². The van der Waals surface area contributed by atoms with Gasteiger partial charge in [-0.05, 0) is 56.1 Å². The van der Waals surface area contributed by atoms with Crippen molar-refractivity contribution in [3.05, 3.63) is 22.9 Å². The summed E-state index contributed by atoms with van der Waals surface area (Å²) in [5, 5.41) is 13.1. The van der Waals surface area contributed by atoms with Gasteiger partial charge in [-0.3, -0.25) is 0 Å². The molecule has 0 amide bonds. The van der Waals surface area contributed by atoms with Crippen molar-refractivity contribution in [3.63, 3.8) is 0 Å². The second-order valence-electron chi connectivity index (χ2n) is 7.70. The van der Waals surface area contributed by atoms with Crippen molar-refractivity contribution in [2.75, 3.05) is 6.54 Å². The van der Waals surface area contributed by atoms with Crippen LogP contribution in [0.15, 0.2) is 22.9 Å². The van der Waals surface area contributed by atoms with Crippen LogP contribution in [0, 0.1) is 0 Å². The minimum Gasteiger partial charge on any atom is -0.477 e. The molecule has 1 aliphatic carbocycles. The summed E-state index contributed by atoms with van der Waals surface area (Å²) in [6, 6.07) is 0. The van der Waals surface area contributed by atoms with E-state index in [4.69, 9.17) is 0 Å². The van der Waals surface area contributed by atoms with Crippen LogP contribution in [0.5, 0.6) is 0 Å². The minimum atomic E-state index is -0.774. The molecule has 0 aromatic heterocycles. The molecule has 0 atom stereocenters. The van der Waals surface area contributed by atoms with Gasteiger partial charge in [-0.15, -0.1) is 0 Å². The average molecular weight is 348 g/mol. The molecule has 1 aliphatic heterocycles. The van der Waals surface area contributed by atoms with E-state index in [1.165, 1.54) is 76.2 Å².